The number of rotatable bonds is 3. The largest absolute Gasteiger partial charge is 0.497 e. The molecule has 0 fully saturated rings. The maximum Gasteiger partial charge on any atom is 0.123 e. The first-order valence-electron chi connectivity index (χ1n) is 5.42. The van der Waals surface area contributed by atoms with Gasteiger partial charge >= 0.3 is 0 Å². The highest BCUT2D eigenvalue weighted by Crippen LogP contribution is 2.34. The molecule has 0 aliphatic carbocycles. The summed E-state index contributed by atoms with van der Waals surface area (Å²) in [5.74, 6) is 1.42. The summed E-state index contributed by atoms with van der Waals surface area (Å²) in [4.78, 5) is 0. The maximum absolute atomic E-state index is 6.00. The Morgan fingerprint density at radius 1 is 0.944 bits per heavy atom. The first-order chi connectivity index (χ1) is 8.63. The summed E-state index contributed by atoms with van der Waals surface area (Å²) in [5, 5.41) is 0.640. The van der Waals surface area contributed by atoms with Crippen LogP contribution in [0.3, 0.4) is 0 Å². The van der Waals surface area contributed by atoms with E-state index in [0.717, 1.165) is 11.1 Å². The lowest BCUT2D eigenvalue weighted by Crippen LogP contribution is -1.92. The van der Waals surface area contributed by atoms with Crippen LogP contribution in [0, 0.1) is 0 Å². The van der Waals surface area contributed by atoms with Crippen molar-refractivity contribution in [3.8, 4) is 22.6 Å². The molecule has 4 heteroatoms. The molecule has 0 amide bonds. The topological polar surface area (TPSA) is 44.5 Å². The number of halogens is 1. The zero-order valence-corrected chi connectivity index (χ0v) is 11.0. The fourth-order valence-electron chi connectivity index (χ4n) is 1.74. The van der Waals surface area contributed by atoms with Crippen molar-refractivity contribution in [2.75, 3.05) is 20.0 Å². The minimum absolute atomic E-state index is 0.640. The van der Waals surface area contributed by atoms with Crippen LogP contribution in [-0.4, -0.2) is 14.2 Å². The van der Waals surface area contributed by atoms with Gasteiger partial charge < -0.3 is 15.2 Å². The quantitative estimate of drug-likeness (QED) is 0.861. The minimum atomic E-state index is 0.640. The number of nitrogen functional groups attached to an aromatic ring is 1. The van der Waals surface area contributed by atoms with E-state index in [4.69, 9.17) is 26.8 Å². The third-order valence-corrected chi connectivity index (χ3v) is 2.91. The second-order valence-electron chi connectivity index (χ2n) is 3.83. The van der Waals surface area contributed by atoms with Gasteiger partial charge in [-0.3, -0.25) is 0 Å². The van der Waals surface area contributed by atoms with E-state index in [2.05, 4.69) is 0 Å². The Morgan fingerprint density at radius 3 is 2.11 bits per heavy atom. The molecule has 0 aromatic heterocycles. The summed E-state index contributed by atoms with van der Waals surface area (Å²) in [6.07, 6.45) is 0. The first kappa shape index (κ1) is 12.6. The highest BCUT2D eigenvalue weighted by Gasteiger charge is 2.07. The normalized spacial score (nSPS) is 10.2. The Hall–Kier alpha value is -1.87. The highest BCUT2D eigenvalue weighted by molar-refractivity contribution is 6.31. The molecule has 18 heavy (non-hydrogen) atoms. The van der Waals surface area contributed by atoms with E-state index < -0.39 is 0 Å². The Kier molecular flexibility index (Phi) is 3.63. The van der Waals surface area contributed by atoms with Gasteiger partial charge in [-0.2, -0.15) is 0 Å². The van der Waals surface area contributed by atoms with E-state index in [9.17, 15) is 0 Å². The molecule has 0 radical (unpaired) electrons. The van der Waals surface area contributed by atoms with Crippen LogP contribution in [0.4, 0.5) is 5.69 Å². The number of hydrogen-bond donors (Lipinski definition) is 1. The van der Waals surface area contributed by atoms with Crippen molar-refractivity contribution in [1.29, 1.82) is 0 Å². The van der Waals surface area contributed by atoms with E-state index in [-0.39, 0.29) is 0 Å². The minimum Gasteiger partial charge on any atom is -0.497 e. The van der Waals surface area contributed by atoms with Gasteiger partial charge in [0, 0.05) is 22.3 Å². The molecule has 2 rings (SSSR count). The molecular weight excluding hydrogens is 250 g/mol. The Bertz CT molecular complexity index is 547. The lowest BCUT2D eigenvalue weighted by molar-refractivity contribution is 0.394. The van der Waals surface area contributed by atoms with Crippen molar-refractivity contribution in [3.05, 3.63) is 41.4 Å². The van der Waals surface area contributed by atoms with Crippen LogP contribution in [-0.2, 0) is 0 Å². The average molecular weight is 264 g/mol. The van der Waals surface area contributed by atoms with Crippen molar-refractivity contribution >= 4 is 17.3 Å². The summed E-state index contributed by atoms with van der Waals surface area (Å²) in [6.45, 7) is 0. The number of hydrogen-bond acceptors (Lipinski definition) is 3. The van der Waals surface area contributed by atoms with Crippen LogP contribution >= 0.6 is 11.6 Å². The summed E-state index contributed by atoms with van der Waals surface area (Å²) >= 11 is 6.00. The molecule has 0 bridgehead atoms. The van der Waals surface area contributed by atoms with Crippen molar-refractivity contribution in [1.82, 2.24) is 0 Å². The van der Waals surface area contributed by atoms with Crippen LogP contribution in [0.1, 0.15) is 0 Å². The van der Waals surface area contributed by atoms with E-state index in [1.807, 2.05) is 24.3 Å². The van der Waals surface area contributed by atoms with Gasteiger partial charge in [-0.25, -0.2) is 0 Å². The van der Waals surface area contributed by atoms with Gasteiger partial charge in [0.05, 0.1) is 14.2 Å². The van der Waals surface area contributed by atoms with Crippen molar-refractivity contribution in [2.24, 2.45) is 0 Å². The van der Waals surface area contributed by atoms with Crippen molar-refractivity contribution in [2.45, 2.75) is 0 Å². The number of anilines is 1. The lowest BCUT2D eigenvalue weighted by Gasteiger charge is -2.10. The zero-order chi connectivity index (χ0) is 13.1. The highest BCUT2D eigenvalue weighted by atomic mass is 35.5. The standard InChI is InChI=1S/C14H14ClNO2/c1-17-11-5-9(6-12(8-11)18-2)13-7-10(15)3-4-14(13)16/h3-8H,16H2,1-2H3. The molecule has 0 heterocycles. The Balaban J connectivity index is 2.58. The summed E-state index contributed by atoms with van der Waals surface area (Å²) < 4.78 is 10.5. The van der Waals surface area contributed by atoms with E-state index >= 15 is 0 Å². The fraction of sp³-hybridized carbons (Fsp3) is 0.143. The molecule has 0 saturated heterocycles. The predicted molar refractivity (Wildman–Crippen MR) is 74.4 cm³/mol. The molecule has 2 N–H and O–H groups in total. The lowest BCUT2D eigenvalue weighted by atomic mass is 10.0. The Labute approximate surface area is 111 Å². The van der Waals surface area contributed by atoms with Crippen LogP contribution in [0.2, 0.25) is 5.02 Å². The maximum atomic E-state index is 6.00. The van der Waals surface area contributed by atoms with Crippen molar-refractivity contribution < 1.29 is 9.47 Å². The smallest absolute Gasteiger partial charge is 0.123 e. The zero-order valence-electron chi connectivity index (χ0n) is 10.2. The third-order valence-electron chi connectivity index (χ3n) is 2.68. The molecule has 0 atom stereocenters. The van der Waals surface area contributed by atoms with Crippen LogP contribution in [0.25, 0.3) is 11.1 Å². The number of benzene rings is 2. The van der Waals surface area contributed by atoms with Gasteiger partial charge in [-0.1, -0.05) is 11.6 Å². The van der Waals surface area contributed by atoms with Crippen LogP contribution in [0.5, 0.6) is 11.5 Å². The summed E-state index contributed by atoms with van der Waals surface area (Å²) in [6, 6.07) is 11.0. The van der Waals surface area contributed by atoms with Gasteiger partial charge in [0.2, 0.25) is 0 Å². The van der Waals surface area contributed by atoms with Crippen LogP contribution in [0.15, 0.2) is 36.4 Å². The summed E-state index contributed by atoms with van der Waals surface area (Å²) in [5.41, 5.74) is 8.40. The monoisotopic (exact) mass is 263 g/mol. The number of nitrogens with two attached hydrogens (primary N) is 1. The van der Waals surface area contributed by atoms with Gasteiger partial charge in [0.1, 0.15) is 11.5 Å². The summed E-state index contributed by atoms with van der Waals surface area (Å²) in [7, 11) is 3.22. The van der Waals surface area contributed by atoms with Crippen molar-refractivity contribution in [3.63, 3.8) is 0 Å². The first-order valence-corrected chi connectivity index (χ1v) is 5.80. The predicted octanol–water partition coefficient (Wildman–Crippen LogP) is 3.61. The van der Waals surface area contributed by atoms with Gasteiger partial charge in [0.25, 0.3) is 0 Å². The second-order valence-corrected chi connectivity index (χ2v) is 4.27. The SMILES string of the molecule is COc1cc(OC)cc(-c2cc(Cl)ccc2N)c1. The van der Waals surface area contributed by atoms with Gasteiger partial charge in [-0.15, -0.1) is 0 Å². The third kappa shape index (κ3) is 2.51. The average Bonchev–Trinajstić information content (AvgIpc) is 2.40. The van der Waals surface area contributed by atoms with E-state index in [1.54, 1.807) is 26.4 Å². The molecule has 0 saturated carbocycles. The number of ether oxygens (including phenoxy) is 2. The van der Waals surface area contributed by atoms with Gasteiger partial charge in [-0.05, 0) is 35.9 Å². The molecular formula is C14H14ClNO2. The second kappa shape index (κ2) is 5.19. The molecule has 0 aliphatic heterocycles. The van der Waals surface area contributed by atoms with Crippen LogP contribution < -0.4 is 15.2 Å². The molecule has 0 unspecified atom stereocenters. The van der Waals surface area contributed by atoms with E-state index in [1.165, 1.54) is 0 Å². The number of methoxy groups -OCH3 is 2. The van der Waals surface area contributed by atoms with Gasteiger partial charge in [0.15, 0.2) is 0 Å². The molecule has 2 aromatic rings. The molecule has 0 spiro atoms. The molecule has 94 valence electrons. The fourth-order valence-corrected chi connectivity index (χ4v) is 1.91. The molecule has 0 aliphatic rings. The molecule has 3 nitrogen and oxygen atoms in total. The van der Waals surface area contributed by atoms with E-state index in [0.29, 0.717) is 22.2 Å². The Morgan fingerprint density at radius 2 is 1.56 bits per heavy atom. The molecule has 2 aromatic carbocycles.